The van der Waals surface area contributed by atoms with Crippen LogP contribution >= 0.6 is 0 Å². The molecule has 494 valence electrons. The van der Waals surface area contributed by atoms with Gasteiger partial charge < -0.3 is 134 Å². The van der Waals surface area contributed by atoms with Gasteiger partial charge in [0.15, 0.2) is 37.6 Å². The Bertz CT molecular complexity index is 2410. The maximum atomic E-state index is 12.6. The zero-order chi connectivity index (χ0) is 62.9. The van der Waals surface area contributed by atoms with Gasteiger partial charge >= 0.3 is 5.97 Å². The molecular formula is C58H94O28. The molecule has 17 N–H and O–H groups in total. The smallest absolute Gasteiger partial charge is 0.335 e. The molecule has 0 aromatic heterocycles. The fourth-order valence-electron chi connectivity index (χ4n) is 17.6. The van der Waals surface area contributed by atoms with Crippen LogP contribution in [-0.2, 0) is 52.2 Å². The number of aliphatic carboxylic acids is 1. The topological polar surface area (TPSA) is 453 Å². The molecule has 5 aliphatic heterocycles. The summed E-state index contributed by atoms with van der Waals surface area (Å²) < 4.78 is 60.1. The second kappa shape index (κ2) is 24.6. The highest BCUT2D eigenvalue weighted by atomic mass is 16.8. The molecule has 9 fully saturated rings. The molecule has 5 heterocycles. The number of ether oxygens (including phenoxy) is 10. The molecule has 34 atom stereocenters. The minimum absolute atomic E-state index is 0.0406. The summed E-state index contributed by atoms with van der Waals surface area (Å²) in [4.78, 5) is 12.6. The molecule has 0 amide bonds. The number of aliphatic hydroxyl groups is 16. The van der Waals surface area contributed by atoms with Crippen LogP contribution in [-0.4, -0.2) is 285 Å². The summed E-state index contributed by atoms with van der Waals surface area (Å²) in [5.41, 5.74) is -2.48. The first kappa shape index (κ1) is 67.1. The maximum Gasteiger partial charge on any atom is 0.335 e. The van der Waals surface area contributed by atoms with Crippen molar-refractivity contribution in [2.24, 2.45) is 50.2 Å². The van der Waals surface area contributed by atoms with Gasteiger partial charge in [-0.3, -0.25) is 0 Å². The number of fused-ring (bicyclic) bond motifs is 7. The van der Waals surface area contributed by atoms with Gasteiger partial charge in [0.1, 0.15) is 104 Å². The molecule has 10 aliphatic rings. The summed E-state index contributed by atoms with van der Waals surface area (Å²) in [6.07, 6.45) is -36.2. The van der Waals surface area contributed by atoms with E-state index in [1.54, 1.807) is 0 Å². The lowest BCUT2D eigenvalue weighted by molar-refractivity contribution is -0.393. The number of aliphatic hydroxyl groups excluding tert-OH is 16. The van der Waals surface area contributed by atoms with Crippen molar-refractivity contribution in [3.05, 3.63) is 11.6 Å². The van der Waals surface area contributed by atoms with Gasteiger partial charge in [-0.25, -0.2) is 4.79 Å². The lowest BCUT2D eigenvalue weighted by atomic mass is 9.33. The van der Waals surface area contributed by atoms with E-state index >= 15 is 0 Å². The van der Waals surface area contributed by atoms with Crippen LogP contribution < -0.4 is 0 Å². The molecule has 0 spiro atoms. The summed E-state index contributed by atoms with van der Waals surface area (Å²) in [7, 11) is 0. The van der Waals surface area contributed by atoms with E-state index in [1.807, 2.05) is 20.8 Å². The van der Waals surface area contributed by atoms with Crippen LogP contribution in [0, 0.1) is 50.2 Å². The average Bonchev–Trinajstić information content (AvgIpc) is 0.678. The first-order valence-corrected chi connectivity index (χ1v) is 30.4. The van der Waals surface area contributed by atoms with Gasteiger partial charge in [-0.15, -0.1) is 0 Å². The van der Waals surface area contributed by atoms with Gasteiger partial charge in [0.25, 0.3) is 0 Å². The Morgan fingerprint density at radius 1 is 0.535 bits per heavy atom. The molecule has 5 aliphatic carbocycles. The van der Waals surface area contributed by atoms with Crippen molar-refractivity contribution in [3.63, 3.8) is 0 Å². The summed E-state index contributed by atoms with van der Waals surface area (Å²) in [6, 6.07) is 0. The average molecular weight is 1240 g/mol. The molecule has 0 bridgehead atoms. The van der Waals surface area contributed by atoms with E-state index in [0.717, 1.165) is 0 Å². The van der Waals surface area contributed by atoms with Crippen LogP contribution in [0.25, 0.3) is 0 Å². The monoisotopic (exact) mass is 1240 g/mol. The molecule has 0 radical (unpaired) electrons. The van der Waals surface area contributed by atoms with Crippen LogP contribution in [0.4, 0.5) is 0 Å². The Labute approximate surface area is 498 Å². The van der Waals surface area contributed by atoms with Crippen molar-refractivity contribution in [2.75, 3.05) is 33.0 Å². The summed E-state index contributed by atoms with van der Waals surface area (Å²) in [6.45, 7) is 11.9. The molecule has 0 aromatic rings. The molecule has 86 heavy (non-hydrogen) atoms. The molecule has 28 nitrogen and oxygen atoms in total. The van der Waals surface area contributed by atoms with E-state index in [1.165, 1.54) is 5.57 Å². The third kappa shape index (κ3) is 10.9. The number of rotatable bonds is 14. The lowest BCUT2D eigenvalue weighted by Gasteiger charge is -2.72. The van der Waals surface area contributed by atoms with Crippen molar-refractivity contribution >= 4 is 5.97 Å². The first-order valence-electron chi connectivity index (χ1n) is 30.4. The largest absolute Gasteiger partial charge is 0.479 e. The number of hydrogen-bond donors (Lipinski definition) is 17. The Hall–Kier alpha value is -1.83. The van der Waals surface area contributed by atoms with E-state index in [4.69, 9.17) is 47.4 Å². The molecule has 5 saturated heterocycles. The van der Waals surface area contributed by atoms with Crippen LogP contribution in [0.3, 0.4) is 0 Å². The Balaban J connectivity index is 0.891. The predicted molar refractivity (Wildman–Crippen MR) is 287 cm³/mol. The standard InChI is InChI=1S/C58H94O28/c1-53(2)16-23-22-8-9-29-55(4)12-11-30(81-52-44(37(70)36(69)42(83-52)47(75)76)85-51-43(35(68)33(66)27(18-60)80-51)84-48-38(71)31(64)24(62)19-77-48)56(5,21-61)28(55)10-13-58(29,7)57(22,6)15-14-54(23,3)46(45(53)74)86-49-40(73)41(25(63)20-78-49)82-50-39(72)34(67)32(65)26(17-59)79-50/h8,23-46,48-52,59-74H,9-21H2,1-7H3,(H,75,76). The summed E-state index contributed by atoms with van der Waals surface area (Å²) in [5.74, 6) is -1.98. The second-order valence-electron chi connectivity index (χ2n) is 28.3. The number of carbonyl (C=O) groups is 1. The number of carboxylic acids is 1. The highest BCUT2D eigenvalue weighted by molar-refractivity contribution is 5.73. The zero-order valence-electron chi connectivity index (χ0n) is 49.6. The van der Waals surface area contributed by atoms with Crippen LogP contribution in [0.15, 0.2) is 11.6 Å². The summed E-state index contributed by atoms with van der Waals surface area (Å²) >= 11 is 0. The van der Waals surface area contributed by atoms with Gasteiger partial charge in [0.2, 0.25) is 0 Å². The van der Waals surface area contributed by atoms with Crippen molar-refractivity contribution < 1.29 is 139 Å². The first-order chi connectivity index (χ1) is 40.3. The summed E-state index contributed by atoms with van der Waals surface area (Å²) in [5, 5.41) is 185. The van der Waals surface area contributed by atoms with Gasteiger partial charge in [-0.2, -0.15) is 0 Å². The van der Waals surface area contributed by atoms with E-state index in [-0.39, 0.29) is 36.2 Å². The van der Waals surface area contributed by atoms with Crippen molar-refractivity contribution in [1.29, 1.82) is 0 Å². The fourth-order valence-corrected chi connectivity index (χ4v) is 17.6. The third-order valence-electron chi connectivity index (χ3n) is 23.2. The molecular weight excluding hydrogens is 1140 g/mol. The second-order valence-corrected chi connectivity index (χ2v) is 28.3. The zero-order valence-corrected chi connectivity index (χ0v) is 49.6. The number of carboxylic acid groups (broad SMARTS) is 1. The predicted octanol–water partition coefficient (Wildman–Crippen LogP) is -4.43. The highest BCUT2D eigenvalue weighted by Crippen LogP contribution is 2.76. The van der Waals surface area contributed by atoms with Crippen molar-refractivity contribution in [3.8, 4) is 0 Å². The Morgan fingerprint density at radius 2 is 1.09 bits per heavy atom. The molecule has 34 unspecified atom stereocenters. The van der Waals surface area contributed by atoms with Crippen LogP contribution in [0.1, 0.15) is 99.8 Å². The van der Waals surface area contributed by atoms with Crippen molar-refractivity contribution in [1.82, 2.24) is 0 Å². The van der Waals surface area contributed by atoms with Gasteiger partial charge in [0.05, 0.1) is 51.3 Å². The van der Waals surface area contributed by atoms with E-state index < -0.39 is 219 Å². The van der Waals surface area contributed by atoms with Crippen LogP contribution in [0.5, 0.6) is 0 Å². The van der Waals surface area contributed by atoms with Crippen molar-refractivity contribution in [2.45, 2.75) is 259 Å². The van der Waals surface area contributed by atoms with E-state index in [9.17, 15) is 91.6 Å². The normalized spacial score (nSPS) is 55.7. The number of allylic oxidation sites excluding steroid dienone is 2. The Morgan fingerprint density at radius 3 is 1.72 bits per heavy atom. The van der Waals surface area contributed by atoms with Crippen LogP contribution in [0.2, 0.25) is 0 Å². The maximum absolute atomic E-state index is 12.6. The fraction of sp³-hybridized carbons (Fsp3) is 0.948. The molecule has 10 rings (SSSR count). The lowest BCUT2D eigenvalue weighted by Crippen LogP contribution is -2.69. The minimum Gasteiger partial charge on any atom is -0.479 e. The SMILES string of the molecule is CC1(C)CC2C3=CCC4C5(C)CCC(OC6OC(C(=O)O)C(O)C(O)C6OC6OC(CO)C(O)C(O)C6OC6OCC(O)C(O)C6O)C(C)(CO)C5CCC4(C)C3(C)CCC2(C)C(OC2OCC(O)C(OC3OC(CO)C(O)C(O)C3O)C2O)C1O. The number of hydrogen-bond acceptors (Lipinski definition) is 27. The van der Waals surface area contributed by atoms with E-state index in [0.29, 0.717) is 44.9 Å². The van der Waals surface area contributed by atoms with Gasteiger partial charge in [-0.05, 0) is 90.8 Å². The molecule has 28 heteroatoms. The third-order valence-corrected chi connectivity index (χ3v) is 23.2. The molecule has 4 saturated carbocycles. The molecule has 0 aromatic carbocycles. The van der Waals surface area contributed by atoms with Gasteiger partial charge in [0, 0.05) is 10.8 Å². The van der Waals surface area contributed by atoms with E-state index in [2.05, 4.69) is 33.8 Å². The minimum atomic E-state index is -2.14. The van der Waals surface area contributed by atoms with Gasteiger partial charge in [-0.1, -0.05) is 60.1 Å². The Kier molecular flexibility index (Phi) is 19.2. The highest BCUT2D eigenvalue weighted by Gasteiger charge is 2.71. The quantitative estimate of drug-likeness (QED) is 0.0576.